The Morgan fingerprint density at radius 3 is 2.68 bits per heavy atom. The highest BCUT2D eigenvalue weighted by Gasteiger charge is 2.28. The highest BCUT2D eigenvalue weighted by Crippen LogP contribution is 2.31. The predicted octanol–water partition coefficient (Wildman–Crippen LogP) is 1.65. The van der Waals surface area contributed by atoms with Gasteiger partial charge in [0.15, 0.2) is 0 Å². The fraction of sp³-hybridized carbons (Fsp3) is 0.294. The van der Waals surface area contributed by atoms with Crippen LogP contribution >= 0.6 is 11.8 Å². The fourth-order valence-electron chi connectivity index (χ4n) is 2.58. The number of carbonyl (C=O) groups excluding carboxylic acids is 2. The van der Waals surface area contributed by atoms with Crippen molar-refractivity contribution in [3.05, 3.63) is 46.4 Å². The number of aryl methyl sites for hydroxylation is 1. The van der Waals surface area contributed by atoms with E-state index in [-0.39, 0.29) is 18.4 Å². The summed E-state index contributed by atoms with van der Waals surface area (Å²) in [6, 6.07) is 7.37. The molecule has 1 aliphatic heterocycles. The minimum Gasteiger partial charge on any atom is -0.324 e. The predicted molar refractivity (Wildman–Crippen MR) is 97.1 cm³/mol. The van der Waals surface area contributed by atoms with Crippen LogP contribution in [0.1, 0.15) is 12.5 Å². The number of amides is 2. The molecule has 1 aliphatic rings. The molecule has 0 aliphatic carbocycles. The zero-order valence-electron chi connectivity index (χ0n) is 14.0. The van der Waals surface area contributed by atoms with Crippen LogP contribution in [-0.4, -0.2) is 33.9 Å². The van der Waals surface area contributed by atoms with E-state index in [9.17, 15) is 14.4 Å². The lowest BCUT2D eigenvalue weighted by molar-refractivity contribution is -0.117. The highest BCUT2D eigenvalue weighted by molar-refractivity contribution is 8.00. The van der Waals surface area contributed by atoms with E-state index >= 15 is 0 Å². The summed E-state index contributed by atoms with van der Waals surface area (Å²) in [6.45, 7) is 3.96. The second-order valence-electron chi connectivity index (χ2n) is 5.66. The minimum absolute atomic E-state index is 0.112. The fourth-order valence-corrected chi connectivity index (χ4v) is 3.47. The Kier molecular flexibility index (Phi) is 4.89. The lowest BCUT2D eigenvalue weighted by Crippen LogP contribution is -2.42. The van der Waals surface area contributed by atoms with Gasteiger partial charge in [-0.25, -0.2) is 4.68 Å². The molecule has 1 aromatic carbocycles. The minimum atomic E-state index is -0.432. The monoisotopic (exact) mass is 358 g/mol. The number of nitrogens with one attached hydrogen (secondary N) is 1. The first-order chi connectivity index (χ1) is 12.0. The zero-order chi connectivity index (χ0) is 18.0. The second-order valence-corrected chi connectivity index (χ2v) is 6.68. The molecule has 2 amide bonds. The Labute approximate surface area is 149 Å². The average molecular weight is 358 g/mol. The number of carbonyl (C=O) groups is 2. The maximum atomic E-state index is 12.7. The van der Waals surface area contributed by atoms with Crippen LogP contribution in [0.2, 0.25) is 0 Å². The number of rotatable bonds is 4. The van der Waals surface area contributed by atoms with Gasteiger partial charge in [0.25, 0.3) is 5.56 Å². The molecule has 0 radical (unpaired) electrons. The number of hydrogen-bond donors (Lipinski definition) is 1. The molecule has 130 valence electrons. The van der Waals surface area contributed by atoms with Crippen molar-refractivity contribution in [3.8, 4) is 0 Å². The molecule has 0 unspecified atom stereocenters. The molecule has 0 atom stereocenters. The van der Waals surface area contributed by atoms with Crippen molar-refractivity contribution in [1.82, 2.24) is 9.78 Å². The van der Waals surface area contributed by atoms with Gasteiger partial charge >= 0.3 is 0 Å². The Balaban J connectivity index is 1.82. The molecule has 3 rings (SSSR count). The van der Waals surface area contributed by atoms with E-state index in [1.54, 1.807) is 12.1 Å². The molecule has 0 saturated carbocycles. The molecule has 0 spiro atoms. The summed E-state index contributed by atoms with van der Waals surface area (Å²) in [4.78, 5) is 39.0. The standard InChI is InChI=1S/C17H18N4O3S/c1-3-20-15(23)10-25-13-8-18-21(17(24)16(13)20)9-14(22)19-12-6-4-11(2)5-7-12/h4-8H,3,9-10H2,1-2H3,(H,19,22). The summed E-state index contributed by atoms with van der Waals surface area (Å²) in [5.41, 5.74) is 1.62. The zero-order valence-corrected chi connectivity index (χ0v) is 14.8. The molecule has 2 heterocycles. The Bertz CT molecular complexity index is 876. The van der Waals surface area contributed by atoms with Gasteiger partial charge in [-0.3, -0.25) is 14.4 Å². The Hall–Kier alpha value is -2.61. The second kappa shape index (κ2) is 7.10. The molecule has 7 nitrogen and oxygen atoms in total. The van der Waals surface area contributed by atoms with E-state index in [2.05, 4.69) is 10.4 Å². The van der Waals surface area contributed by atoms with Crippen LogP contribution in [0.5, 0.6) is 0 Å². The molecule has 0 saturated heterocycles. The molecule has 0 fully saturated rings. The van der Waals surface area contributed by atoms with Crippen LogP contribution in [0, 0.1) is 6.92 Å². The SMILES string of the molecule is CCN1C(=O)CSc2cnn(CC(=O)Nc3ccc(C)cc3)c(=O)c21. The lowest BCUT2D eigenvalue weighted by atomic mass is 10.2. The van der Waals surface area contributed by atoms with Gasteiger partial charge in [-0.15, -0.1) is 11.8 Å². The molecular formula is C17H18N4O3S. The smallest absolute Gasteiger partial charge is 0.292 e. The van der Waals surface area contributed by atoms with Crippen LogP contribution in [0.25, 0.3) is 0 Å². The molecule has 1 N–H and O–H groups in total. The third-order valence-electron chi connectivity index (χ3n) is 3.85. The van der Waals surface area contributed by atoms with Crippen molar-refractivity contribution in [2.45, 2.75) is 25.3 Å². The summed E-state index contributed by atoms with van der Waals surface area (Å²) < 4.78 is 1.09. The van der Waals surface area contributed by atoms with Crippen molar-refractivity contribution < 1.29 is 9.59 Å². The molecular weight excluding hydrogens is 340 g/mol. The third-order valence-corrected chi connectivity index (χ3v) is 4.85. The van der Waals surface area contributed by atoms with Gasteiger partial charge < -0.3 is 10.2 Å². The van der Waals surface area contributed by atoms with Crippen molar-refractivity contribution in [2.75, 3.05) is 22.5 Å². The van der Waals surface area contributed by atoms with Crippen LogP contribution in [0.3, 0.4) is 0 Å². The average Bonchev–Trinajstić information content (AvgIpc) is 2.59. The van der Waals surface area contributed by atoms with Gasteiger partial charge in [-0.1, -0.05) is 17.7 Å². The van der Waals surface area contributed by atoms with Crippen molar-refractivity contribution in [3.63, 3.8) is 0 Å². The Morgan fingerprint density at radius 2 is 2.00 bits per heavy atom. The van der Waals surface area contributed by atoms with E-state index in [1.807, 2.05) is 26.0 Å². The molecule has 0 bridgehead atoms. The third kappa shape index (κ3) is 3.58. The van der Waals surface area contributed by atoms with Crippen molar-refractivity contribution in [2.24, 2.45) is 0 Å². The van der Waals surface area contributed by atoms with E-state index in [1.165, 1.54) is 22.9 Å². The number of fused-ring (bicyclic) bond motifs is 1. The van der Waals surface area contributed by atoms with Crippen LogP contribution in [-0.2, 0) is 16.1 Å². The van der Waals surface area contributed by atoms with Gasteiger partial charge in [0.05, 0.1) is 16.8 Å². The van der Waals surface area contributed by atoms with Gasteiger partial charge in [-0.05, 0) is 26.0 Å². The molecule has 8 heteroatoms. The van der Waals surface area contributed by atoms with Gasteiger partial charge in [-0.2, -0.15) is 5.10 Å². The first-order valence-electron chi connectivity index (χ1n) is 7.89. The van der Waals surface area contributed by atoms with Crippen LogP contribution in [0.4, 0.5) is 11.4 Å². The molecule has 2 aromatic rings. The lowest BCUT2D eigenvalue weighted by Gasteiger charge is -2.26. The largest absolute Gasteiger partial charge is 0.324 e. The number of nitrogens with zero attached hydrogens (tertiary/aromatic N) is 3. The first kappa shape index (κ1) is 17.2. The van der Waals surface area contributed by atoms with E-state index in [0.29, 0.717) is 28.6 Å². The number of aromatic nitrogens is 2. The number of thioether (sulfide) groups is 1. The molecule has 1 aromatic heterocycles. The first-order valence-corrected chi connectivity index (χ1v) is 8.88. The summed E-state index contributed by atoms with van der Waals surface area (Å²) in [5.74, 6) is -0.171. The van der Waals surface area contributed by atoms with Crippen LogP contribution < -0.4 is 15.8 Å². The Morgan fingerprint density at radius 1 is 1.28 bits per heavy atom. The van der Waals surface area contributed by atoms with Crippen molar-refractivity contribution in [1.29, 1.82) is 0 Å². The summed E-state index contributed by atoms with van der Waals surface area (Å²) in [6.07, 6.45) is 1.54. The summed E-state index contributed by atoms with van der Waals surface area (Å²) >= 11 is 1.29. The quantitative estimate of drug-likeness (QED) is 0.898. The topological polar surface area (TPSA) is 84.3 Å². The van der Waals surface area contributed by atoms with E-state index in [4.69, 9.17) is 0 Å². The molecule has 25 heavy (non-hydrogen) atoms. The number of benzene rings is 1. The van der Waals surface area contributed by atoms with Gasteiger partial charge in [0, 0.05) is 12.2 Å². The van der Waals surface area contributed by atoms with Gasteiger partial charge in [0.2, 0.25) is 11.8 Å². The number of hydrogen-bond acceptors (Lipinski definition) is 5. The maximum Gasteiger partial charge on any atom is 0.292 e. The normalized spacial score (nSPS) is 13.5. The van der Waals surface area contributed by atoms with E-state index < -0.39 is 5.56 Å². The summed E-state index contributed by atoms with van der Waals surface area (Å²) in [5, 5.41) is 6.80. The van der Waals surface area contributed by atoms with E-state index in [0.717, 1.165) is 10.2 Å². The van der Waals surface area contributed by atoms with Crippen LogP contribution in [0.15, 0.2) is 40.2 Å². The maximum absolute atomic E-state index is 12.7. The van der Waals surface area contributed by atoms with Gasteiger partial charge in [0.1, 0.15) is 12.2 Å². The summed E-state index contributed by atoms with van der Waals surface area (Å²) in [7, 11) is 0. The number of anilines is 2. The van der Waals surface area contributed by atoms with Crippen molar-refractivity contribution >= 4 is 35.0 Å². The highest BCUT2D eigenvalue weighted by atomic mass is 32.2.